The number of hydrogen-bond acceptors (Lipinski definition) is 7. The highest BCUT2D eigenvalue weighted by atomic mass is 35.5. The molecule has 3 aromatic rings. The molecule has 1 aliphatic rings. The number of carbonyl (C=O) groups is 3. The number of amides is 1. The maximum Gasteiger partial charge on any atom is 0.333 e. The lowest BCUT2D eigenvalue weighted by molar-refractivity contribution is -0.141. The van der Waals surface area contributed by atoms with Gasteiger partial charge in [0.05, 0.1) is 13.0 Å². The Labute approximate surface area is 248 Å². The van der Waals surface area contributed by atoms with E-state index in [2.05, 4.69) is 10.3 Å². The molecule has 1 aromatic heterocycles. The molecule has 4 rings (SSSR count). The lowest BCUT2D eigenvalue weighted by Crippen LogP contribution is -2.40. The van der Waals surface area contributed by atoms with Gasteiger partial charge in [0.25, 0.3) is 5.91 Å². The van der Waals surface area contributed by atoms with Crippen molar-refractivity contribution in [2.75, 3.05) is 7.11 Å². The van der Waals surface area contributed by atoms with Crippen LogP contribution in [-0.2, 0) is 14.3 Å². The van der Waals surface area contributed by atoms with Crippen molar-refractivity contribution in [3.63, 3.8) is 0 Å². The Morgan fingerprint density at radius 2 is 1.56 bits per heavy atom. The summed E-state index contributed by atoms with van der Waals surface area (Å²) in [6.07, 6.45) is 2.81. The monoisotopic (exact) mass is 596 g/mol. The molecule has 1 amide bonds. The SMILES string of the molecule is COc1ccnc(C(=O)N[C@@H](C)C(=O)OC(C)=C(c2ccc(Cl)c(C)c2)c2ccc(Cl)c(C)c2)c1OC(=O)C1CC1. The van der Waals surface area contributed by atoms with Gasteiger partial charge in [0, 0.05) is 27.9 Å². The van der Waals surface area contributed by atoms with E-state index in [9.17, 15) is 14.4 Å². The van der Waals surface area contributed by atoms with E-state index in [0.717, 1.165) is 35.1 Å². The highest BCUT2D eigenvalue weighted by Crippen LogP contribution is 2.35. The number of aryl methyl sites for hydroxylation is 2. The molecule has 2 aromatic carbocycles. The van der Waals surface area contributed by atoms with E-state index in [1.54, 1.807) is 19.1 Å². The molecular formula is C31H30Cl2N2O6. The van der Waals surface area contributed by atoms with Crippen molar-refractivity contribution < 1.29 is 28.6 Å². The first-order valence-electron chi connectivity index (χ1n) is 13.0. The fourth-order valence-corrected chi connectivity index (χ4v) is 4.38. The summed E-state index contributed by atoms with van der Waals surface area (Å²) in [5, 5.41) is 3.80. The first kappa shape index (κ1) is 30.1. The van der Waals surface area contributed by atoms with Crippen molar-refractivity contribution in [1.82, 2.24) is 10.3 Å². The Balaban J connectivity index is 1.59. The number of hydrogen-bond donors (Lipinski definition) is 1. The molecule has 214 valence electrons. The molecule has 1 fully saturated rings. The van der Waals surface area contributed by atoms with Gasteiger partial charge in [-0.1, -0.05) is 35.3 Å². The predicted molar refractivity (Wildman–Crippen MR) is 156 cm³/mol. The summed E-state index contributed by atoms with van der Waals surface area (Å²) in [7, 11) is 1.39. The fraction of sp³-hybridized carbons (Fsp3) is 0.290. The molecule has 41 heavy (non-hydrogen) atoms. The van der Waals surface area contributed by atoms with Crippen LogP contribution in [0.3, 0.4) is 0 Å². The van der Waals surface area contributed by atoms with Crippen molar-refractivity contribution in [3.05, 3.63) is 92.4 Å². The van der Waals surface area contributed by atoms with Crippen LogP contribution in [0.1, 0.15) is 59.4 Å². The standard InChI is InChI=1S/C31H30Cl2N2O6/c1-16-14-21(8-10-23(16)32)26(22-9-11-24(33)17(2)15-22)19(4)40-30(37)18(3)35-29(36)27-28(25(39-5)12-13-34-27)41-31(38)20-6-7-20/h8-15,18,20H,6-7H2,1-5H3,(H,35,36)/t18-/m0/s1. The number of ether oxygens (including phenoxy) is 3. The summed E-state index contributed by atoms with van der Waals surface area (Å²) in [5.41, 5.74) is 3.78. The van der Waals surface area contributed by atoms with Gasteiger partial charge in [-0.25, -0.2) is 9.78 Å². The van der Waals surface area contributed by atoms with Crippen LogP contribution in [0.25, 0.3) is 5.57 Å². The van der Waals surface area contributed by atoms with E-state index in [4.69, 9.17) is 37.4 Å². The number of nitrogens with zero attached hydrogens (tertiary/aromatic N) is 1. The summed E-state index contributed by atoms with van der Waals surface area (Å²) >= 11 is 12.5. The highest BCUT2D eigenvalue weighted by molar-refractivity contribution is 6.31. The molecule has 1 heterocycles. The van der Waals surface area contributed by atoms with Crippen LogP contribution in [-0.4, -0.2) is 36.0 Å². The topological polar surface area (TPSA) is 104 Å². The van der Waals surface area contributed by atoms with Gasteiger partial charge in [0.2, 0.25) is 5.75 Å². The van der Waals surface area contributed by atoms with Gasteiger partial charge in [-0.15, -0.1) is 0 Å². The third kappa shape index (κ3) is 7.07. The van der Waals surface area contributed by atoms with Gasteiger partial charge in [0.15, 0.2) is 11.4 Å². The average Bonchev–Trinajstić information content (AvgIpc) is 3.78. The molecule has 0 aliphatic heterocycles. The van der Waals surface area contributed by atoms with E-state index in [-0.39, 0.29) is 23.1 Å². The smallest absolute Gasteiger partial charge is 0.333 e. The number of halogens is 2. The third-order valence-electron chi connectivity index (χ3n) is 6.62. The second-order valence-electron chi connectivity index (χ2n) is 9.86. The number of allylic oxidation sites excluding steroid dienone is 1. The molecule has 1 saturated carbocycles. The van der Waals surface area contributed by atoms with Crippen LogP contribution in [0, 0.1) is 19.8 Å². The molecule has 0 unspecified atom stereocenters. The van der Waals surface area contributed by atoms with Gasteiger partial charge in [-0.05, 0) is 87.1 Å². The zero-order chi connectivity index (χ0) is 29.8. The molecule has 1 N–H and O–H groups in total. The van der Waals surface area contributed by atoms with Crippen LogP contribution in [0.2, 0.25) is 10.0 Å². The van der Waals surface area contributed by atoms with E-state index in [1.807, 2.05) is 38.1 Å². The van der Waals surface area contributed by atoms with Crippen molar-refractivity contribution in [2.45, 2.75) is 46.6 Å². The van der Waals surface area contributed by atoms with Gasteiger partial charge in [0.1, 0.15) is 11.8 Å². The minimum atomic E-state index is -1.07. The van der Waals surface area contributed by atoms with Crippen molar-refractivity contribution in [1.29, 1.82) is 0 Å². The first-order valence-corrected chi connectivity index (χ1v) is 13.8. The molecule has 1 aliphatic carbocycles. The molecule has 8 nitrogen and oxygen atoms in total. The zero-order valence-electron chi connectivity index (χ0n) is 23.3. The number of carbonyl (C=O) groups excluding carboxylic acids is 3. The van der Waals surface area contributed by atoms with Crippen molar-refractivity contribution >= 4 is 46.6 Å². The van der Waals surface area contributed by atoms with Gasteiger partial charge >= 0.3 is 11.9 Å². The number of nitrogens with one attached hydrogen (secondary N) is 1. The lowest BCUT2D eigenvalue weighted by atomic mass is 9.94. The van der Waals surface area contributed by atoms with Crippen LogP contribution < -0.4 is 14.8 Å². The van der Waals surface area contributed by atoms with E-state index in [1.165, 1.54) is 26.3 Å². The van der Waals surface area contributed by atoms with Crippen LogP contribution in [0.15, 0.2) is 54.4 Å². The van der Waals surface area contributed by atoms with Crippen molar-refractivity contribution in [3.8, 4) is 11.5 Å². The predicted octanol–water partition coefficient (Wildman–Crippen LogP) is 6.47. The Kier molecular flexibility index (Phi) is 9.35. The zero-order valence-corrected chi connectivity index (χ0v) is 24.9. The molecule has 0 saturated heterocycles. The number of esters is 2. The van der Waals surface area contributed by atoms with E-state index in [0.29, 0.717) is 21.4 Å². The Morgan fingerprint density at radius 3 is 2.07 bits per heavy atom. The minimum Gasteiger partial charge on any atom is -0.493 e. The van der Waals surface area contributed by atoms with E-state index < -0.39 is 23.9 Å². The number of benzene rings is 2. The molecule has 0 bridgehead atoms. The van der Waals surface area contributed by atoms with Gasteiger partial charge < -0.3 is 19.5 Å². The van der Waals surface area contributed by atoms with Gasteiger partial charge in [-0.2, -0.15) is 0 Å². The number of pyridine rings is 1. The molecule has 10 heteroatoms. The summed E-state index contributed by atoms with van der Waals surface area (Å²) in [4.78, 5) is 42.7. The first-order chi connectivity index (χ1) is 19.5. The highest BCUT2D eigenvalue weighted by Gasteiger charge is 2.34. The quantitative estimate of drug-likeness (QED) is 0.223. The lowest BCUT2D eigenvalue weighted by Gasteiger charge is -2.18. The summed E-state index contributed by atoms with van der Waals surface area (Å²) in [6, 6.07) is 11.5. The summed E-state index contributed by atoms with van der Waals surface area (Å²) in [5.74, 6) is -1.70. The molecular weight excluding hydrogens is 567 g/mol. The Bertz CT molecular complexity index is 1490. The van der Waals surface area contributed by atoms with Crippen molar-refractivity contribution in [2.24, 2.45) is 5.92 Å². The minimum absolute atomic E-state index is 0.0976. The maximum absolute atomic E-state index is 13.2. The number of aromatic nitrogens is 1. The summed E-state index contributed by atoms with van der Waals surface area (Å²) < 4.78 is 16.5. The summed E-state index contributed by atoms with van der Waals surface area (Å²) in [6.45, 7) is 6.94. The molecule has 0 spiro atoms. The van der Waals surface area contributed by atoms with Crippen LogP contribution in [0.5, 0.6) is 11.5 Å². The second kappa shape index (κ2) is 12.7. The molecule has 0 radical (unpaired) electrons. The van der Waals surface area contributed by atoms with Crippen LogP contribution >= 0.6 is 23.2 Å². The maximum atomic E-state index is 13.2. The number of methoxy groups -OCH3 is 1. The fourth-order valence-electron chi connectivity index (χ4n) is 4.14. The number of rotatable bonds is 9. The Morgan fingerprint density at radius 1 is 0.976 bits per heavy atom. The normalized spacial score (nSPS) is 13.1. The van der Waals surface area contributed by atoms with Crippen LogP contribution in [0.4, 0.5) is 0 Å². The van der Waals surface area contributed by atoms with E-state index >= 15 is 0 Å². The largest absolute Gasteiger partial charge is 0.493 e. The third-order valence-corrected chi connectivity index (χ3v) is 7.47. The Hall–Kier alpha value is -3.88. The second-order valence-corrected chi connectivity index (χ2v) is 10.7. The average molecular weight is 597 g/mol. The van der Waals surface area contributed by atoms with Gasteiger partial charge in [-0.3, -0.25) is 9.59 Å². The molecule has 1 atom stereocenters.